The van der Waals surface area contributed by atoms with Gasteiger partial charge in [0.1, 0.15) is 0 Å². The van der Waals surface area contributed by atoms with Gasteiger partial charge in [-0.15, -0.1) is 0 Å². The lowest BCUT2D eigenvalue weighted by molar-refractivity contribution is 0.0442. The first-order valence-corrected chi connectivity index (χ1v) is 6.30. The SMILES string of the molecule is CC(C)(O)CC1(c2ccccc2)CCCC1. The minimum Gasteiger partial charge on any atom is -0.390 e. The van der Waals surface area contributed by atoms with Crippen LogP contribution in [0.2, 0.25) is 0 Å². The third-order valence-corrected chi connectivity index (χ3v) is 3.72. The summed E-state index contributed by atoms with van der Waals surface area (Å²) in [4.78, 5) is 0. The Bertz CT molecular complexity index is 328. The van der Waals surface area contributed by atoms with Gasteiger partial charge < -0.3 is 5.11 Å². The summed E-state index contributed by atoms with van der Waals surface area (Å²) in [5, 5.41) is 10.1. The van der Waals surface area contributed by atoms with Crippen LogP contribution >= 0.6 is 0 Å². The smallest absolute Gasteiger partial charge is 0.0600 e. The molecule has 0 radical (unpaired) electrons. The van der Waals surface area contributed by atoms with Crippen LogP contribution in [0.25, 0.3) is 0 Å². The average molecular weight is 218 g/mol. The van der Waals surface area contributed by atoms with Crippen LogP contribution in [-0.4, -0.2) is 10.7 Å². The maximum Gasteiger partial charge on any atom is 0.0600 e. The normalized spacial score (nSPS) is 19.9. The fourth-order valence-electron chi connectivity index (χ4n) is 3.24. The van der Waals surface area contributed by atoms with Gasteiger partial charge in [0.2, 0.25) is 0 Å². The molecule has 0 spiro atoms. The third-order valence-electron chi connectivity index (χ3n) is 3.72. The lowest BCUT2D eigenvalue weighted by Gasteiger charge is -2.35. The van der Waals surface area contributed by atoms with Gasteiger partial charge in [-0.25, -0.2) is 0 Å². The van der Waals surface area contributed by atoms with E-state index in [0.29, 0.717) is 0 Å². The topological polar surface area (TPSA) is 20.2 Å². The van der Waals surface area contributed by atoms with E-state index in [9.17, 15) is 5.11 Å². The Labute approximate surface area is 98.5 Å². The number of benzene rings is 1. The summed E-state index contributed by atoms with van der Waals surface area (Å²) in [5.41, 5.74) is 1.06. The largest absolute Gasteiger partial charge is 0.390 e. The summed E-state index contributed by atoms with van der Waals surface area (Å²) in [5.74, 6) is 0. The van der Waals surface area contributed by atoms with Crippen LogP contribution in [0, 0.1) is 0 Å². The molecule has 1 N–H and O–H groups in total. The van der Waals surface area contributed by atoms with Crippen molar-refractivity contribution >= 4 is 0 Å². The molecule has 1 aliphatic carbocycles. The highest BCUT2D eigenvalue weighted by Crippen LogP contribution is 2.46. The molecule has 1 fully saturated rings. The zero-order chi connectivity index (χ0) is 11.6. The van der Waals surface area contributed by atoms with Gasteiger partial charge in [0, 0.05) is 0 Å². The van der Waals surface area contributed by atoms with Crippen LogP contribution in [0.15, 0.2) is 30.3 Å². The molecule has 0 saturated heterocycles. The second-order valence-electron chi connectivity index (χ2n) is 5.84. The lowest BCUT2D eigenvalue weighted by atomic mass is 9.72. The molecule has 0 aromatic heterocycles. The van der Waals surface area contributed by atoms with Crippen LogP contribution in [0.5, 0.6) is 0 Å². The van der Waals surface area contributed by atoms with Crippen molar-refractivity contribution in [2.24, 2.45) is 0 Å². The van der Waals surface area contributed by atoms with E-state index in [1.165, 1.54) is 31.2 Å². The molecule has 1 heteroatoms. The molecule has 1 aromatic carbocycles. The molecule has 16 heavy (non-hydrogen) atoms. The summed E-state index contributed by atoms with van der Waals surface area (Å²) in [6.07, 6.45) is 5.92. The van der Waals surface area contributed by atoms with E-state index in [-0.39, 0.29) is 5.41 Å². The van der Waals surface area contributed by atoms with Crippen molar-refractivity contribution in [2.75, 3.05) is 0 Å². The van der Waals surface area contributed by atoms with E-state index in [0.717, 1.165) is 6.42 Å². The van der Waals surface area contributed by atoms with Crippen molar-refractivity contribution in [3.63, 3.8) is 0 Å². The molecule has 1 nitrogen and oxygen atoms in total. The first-order valence-electron chi connectivity index (χ1n) is 6.30. The van der Waals surface area contributed by atoms with E-state index < -0.39 is 5.60 Å². The van der Waals surface area contributed by atoms with Gasteiger partial charge in [-0.1, -0.05) is 43.2 Å². The second kappa shape index (κ2) is 4.21. The molecule has 1 saturated carbocycles. The summed E-state index contributed by atoms with van der Waals surface area (Å²) >= 11 is 0. The minimum absolute atomic E-state index is 0.222. The van der Waals surface area contributed by atoms with Gasteiger partial charge in [0.15, 0.2) is 0 Å². The monoisotopic (exact) mass is 218 g/mol. The number of aliphatic hydroxyl groups is 1. The highest BCUT2D eigenvalue weighted by Gasteiger charge is 2.39. The Morgan fingerprint density at radius 2 is 1.69 bits per heavy atom. The van der Waals surface area contributed by atoms with Gasteiger partial charge in [0.25, 0.3) is 0 Å². The summed E-state index contributed by atoms with van der Waals surface area (Å²) in [6.45, 7) is 3.85. The van der Waals surface area contributed by atoms with E-state index >= 15 is 0 Å². The zero-order valence-corrected chi connectivity index (χ0v) is 10.4. The van der Waals surface area contributed by atoms with Gasteiger partial charge in [-0.2, -0.15) is 0 Å². The van der Waals surface area contributed by atoms with Gasteiger partial charge in [-0.3, -0.25) is 0 Å². The molecule has 2 rings (SSSR count). The maximum atomic E-state index is 10.1. The molecule has 0 heterocycles. The fraction of sp³-hybridized carbons (Fsp3) is 0.600. The third kappa shape index (κ3) is 2.46. The van der Waals surface area contributed by atoms with Crippen molar-refractivity contribution < 1.29 is 5.11 Å². The van der Waals surface area contributed by atoms with Crippen LogP contribution in [-0.2, 0) is 5.41 Å². The summed E-state index contributed by atoms with van der Waals surface area (Å²) < 4.78 is 0. The van der Waals surface area contributed by atoms with E-state index in [2.05, 4.69) is 30.3 Å². The number of rotatable bonds is 3. The predicted octanol–water partition coefficient (Wildman–Crippen LogP) is 3.66. The maximum absolute atomic E-state index is 10.1. The summed E-state index contributed by atoms with van der Waals surface area (Å²) in [6, 6.07) is 10.7. The van der Waals surface area contributed by atoms with Crippen molar-refractivity contribution in [1.29, 1.82) is 0 Å². The Balaban J connectivity index is 2.29. The first kappa shape index (κ1) is 11.7. The van der Waals surface area contributed by atoms with Crippen LogP contribution in [0.4, 0.5) is 0 Å². The standard InChI is InChI=1S/C15H22O/c1-14(2,16)12-15(10-6-7-11-15)13-8-4-3-5-9-13/h3-5,8-9,16H,6-7,10-12H2,1-2H3. The molecule has 1 aliphatic rings. The second-order valence-corrected chi connectivity index (χ2v) is 5.84. The van der Waals surface area contributed by atoms with Crippen molar-refractivity contribution in [2.45, 2.75) is 57.0 Å². The molecule has 0 amide bonds. The van der Waals surface area contributed by atoms with Crippen molar-refractivity contribution in [3.05, 3.63) is 35.9 Å². The molecule has 88 valence electrons. The predicted molar refractivity (Wildman–Crippen MR) is 67.5 cm³/mol. The molecule has 0 bridgehead atoms. The molecule has 1 aromatic rings. The van der Waals surface area contributed by atoms with Crippen molar-refractivity contribution in [3.8, 4) is 0 Å². The molecule has 0 unspecified atom stereocenters. The van der Waals surface area contributed by atoms with Crippen LogP contribution < -0.4 is 0 Å². The Morgan fingerprint density at radius 1 is 1.12 bits per heavy atom. The quantitative estimate of drug-likeness (QED) is 0.821. The molecule has 0 aliphatic heterocycles. The fourth-order valence-corrected chi connectivity index (χ4v) is 3.24. The Hall–Kier alpha value is -0.820. The molecule has 0 atom stereocenters. The van der Waals surface area contributed by atoms with Gasteiger partial charge in [-0.05, 0) is 44.1 Å². The van der Waals surface area contributed by atoms with Crippen LogP contribution in [0.3, 0.4) is 0 Å². The lowest BCUT2D eigenvalue weighted by Crippen LogP contribution is -2.33. The first-order chi connectivity index (χ1) is 7.52. The Kier molecular flexibility index (Phi) is 3.07. The van der Waals surface area contributed by atoms with Crippen LogP contribution in [0.1, 0.15) is 51.5 Å². The van der Waals surface area contributed by atoms with E-state index in [4.69, 9.17) is 0 Å². The highest BCUT2D eigenvalue weighted by molar-refractivity contribution is 5.27. The van der Waals surface area contributed by atoms with Gasteiger partial charge in [0.05, 0.1) is 5.60 Å². The highest BCUT2D eigenvalue weighted by atomic mass is 16.3. The molecular formula is C15H22O. The number of hydrogen-bond acceptors (Lipinski definition) is 1. The number of hydrogen-bond donors (Lipinski definition) is 1. The zero-order valence-electron chi connectivity index (χ0n) is 10.4. The van der Waals surface area contributed by atoms with Gasteiger partial charge >= 0.3 is 0 Å². The van der Waals surface area contributed by atoms with E-state index in [1.54, 1.807) is 0 Å². The average Bonchev–Trinajstić information content (AvgIpc) is 2.66. The summed E-state index contributed by atoms with van der Waals surface area (Å²) in [7, 11) is 0. The molecular weight excluding hydrogens is 196 g/mol. The minimum atomic E-state index is -0.569. The van der Waals surface area contributed by atoms with E-state index in [1.807, 2.05) is 13.8 Å². The Morgan fingerprint density at radius 3 is 2.19 bits per heavy atom. The van der Waals surface area contributed by atoms with Crippen molar-refractivity contribution in [1.82, 2.24) is 0 Å².